The molecule has 1 aromatic carbocycles. The zero-order chi connectivity index (χ0) is 16.6. The average molecular weight is 318 g/mol. The minimum Gasteiger partial charge on any atom is -0.356 e. The Hall–Kier alpha value is -1.31. The molecule has 0 atom stereocenters. The molecule has 0 aliphatic rings. The fraction of sp³-hybridized carbons (Fsp3) is 0.667. The second kappa shape index (κ2) is 14.3. The number of hydrogen-bond donors (Lipinski definition) is 1. The highest BCUT2D eigenvalue weighted by Crippen LogP contribution is 2.10. The predicted molar refractivity (Wildman–Crippen MR) is 99.6 cm³/mol. The fourth-order valence-electron chi connectivity index (χ4n) is 2.85. The van der Waals surface area contributed by atoms with Crippen molar-refractivity contribution in [2.75, 3.05) is 6.54 Å². The summed E-state index contributed by atoms with van der Waals surface area (Å²) in [5.74, 6) is 0.223. The van der Waals surface area contributed by atoms with Crippen molar-refractivity contribution in [2.24, 2.45) is 0 Å². The summed E-state index contributed by atoms with van der Waals surface area (Å²) in [5.41, 5.74) is 1.35. The van der Waals surface area contributed by atoms with Crippen molar-refractivity contribution in [3.8, 4) is 0 Å². The van der Waals surface area contributed by atoms with E-state index in [4.69, 9.17) is 0 Å². The molecule has 0 aromatic heterocycles. The van der Waals surface area contributed by atoms with Gasteiger partial charge in [0.15, 0.2) is 0 Å². The second-order valence-corrected chi connectivity index (χ2v) is 6.52. The van der Waals surface area contributed by atoms with E-state index < -0.39 is 0 Å². The van der Waals surface area contributed by atoms with E-state index in [2.05, 4.69) is 36.5 Å². The second-order valence-electron chi connectivity index (χ2n) is 6.52. The smallest absolute Gasteiger partial charge is 0.219 e. The molecule has 1 N–H and O–H groups in total. The van der Waals surface area contributed by atoms with Crippen LogP contribution in [0.15, 0.2) is 30.3 Å². The average Bonchev–Trinajstić information content (AvgIpc) is 2.58. The molecule has 0 aliphatic heterocycles. The van der Waals surface area contributed by atoms with Gasteiger partial charge in [-0.2, -0.15) is 0 Å². The number of aryl methyl sites for hydroxylation is 1. The van der Waals surface area contributed by atoms with Crippen molar-refractivity contribution >= 4 is 5.91 Å². The predicted octanol–water partition coefficient (Wildman–Crippen LogP) is 5.66. The van der Waals surface area contributed by atoms with Crippen LogP contribution < -0.4 is 5.32 Å². The van der Waals surface area contributed by atoms with Crippen molar-refractivity contribution in [1.82, 2.24) is 5.32 Å². The van der Waals surface area contributed by atoms with E-state index in [1.54, 1.807) is 0 Å². The summed E-state index contributed by atoms with van der Waals surface area (Å²) in [4.78, 5) is 11.8. The normalized spacial score (nSPS) is 10.7. The van der Waals surface area contributed by atoms with Crippen LogP contribution in [0.1, 0.15) is 83.1 Å². The van der Waals surface area contributed by atoms with Gasteiger partial charge >= 0.3 is 0 Å². The molecule has 1 aromatic rings. The lowest BCUT2D eigenvalue weighted by Gasteiger charge is -2.06. The highest BCUT2D eigenvalue weighted by atomic mass is 16.1. The molecule has 0 saturated heterocycles. The molecular weight excluding hydrogens is 282 g/mol. The fourth-order valence-corrected chi connectivity index (χ4v) is 2.85. The molecule has 130 valence electrons. The highest BCUT2D eigenvalue weighted by molar-refractivity contribution is 5.75. The van der Waals surface area contributed by atoms with Crippen molar-refractivity contribution < 1.29 is 4.79 Å². The first-order chi connectivity index (χ1) is 11.3. The maximum Gasteiger partial charge on any atom is 0.219 e. The topological polar surface area (TPSA) is 29.1 Å². The first kappa shape index (κ1) is 19.7. The SMILES string of the molecule is CCCCCCCCCCCC(=O)NCCCc1ccccc1. The molecule has 0 heterocycles. The Labute approximate surface area is 143 Å². The third-order valence-electron chi connectivity index (χ3n) is 4.31. The van der Waals surface area contributed by atoms with Crippen LogP contribution in [0.5, 0.6) is 0 Å². The minimum atomic E-state index is 0.223. The van der Waals surface area contributed by atoms with Crippen LogP contribution >= 0.6 is 0 Å². The van der Waals surface area contributed by atoms with Crippen molar-refractivity contribution in [2.45, 2.75) is 84.0 Å². The van der Waals surface area contributed by atoms with Gasteiger partial charge in [-0.05, 0) is 24.8 Å². The van der Waals surface area contributed by atoms with Crippen LogP contribution in [0.2, 0.25) is 0 Å². The largest absolute Gasteiger partial charge is 0.356 e. The monoisotopic (exact) mass is 317 g/mol. The number of unbranched alkanes of at least 4 members (excludes halogenated alkanes) is 8. The first-order valence-electron chi connectivity index (χ1n) is 9.63. The number of nitrogens with one attached hydrogen (secondary N) is 1. The molecule has 0 bridgehead atoms. The molecule has 1 rings (SSSR count). The molecule has 0 saturated carbocycles. The summed E-state index contributed by atoms with van der Waals surface area (Å²) in [5, 5.41) is 3.04. The number of carbonyl (C=O) groups excluding carboxylic acids is 1. The summed E-state index contributed by atoms with van der Waals surface area (Å²) in [6, 6.07) is 10.5. The Morgan fingerprint density at radius 3 is 2.09 bits per heavy atom. The maximum atomic E-state index is 11.8. The maximum absolute atomic E-state index is 11.8. The van der Waals surface area contributed by atoms with E-state index in [0.29, 0.717) is 6.42 Å². The van der Waals surface area contributed by atoms with Crippen LogP contribution in [-0.4, -0.2) is 12.5 Å². The molecule has 0 radical (unpaired) electrons. The number of benzene rings is 1. The molecule has 0 spiro atoms. The molecule has 0 unspecified atom stereocenters. The van der Waals surface area contributed by atoms with E-state index in [1.807, 2.05) is 6.07 Å². The van der Waals surface area contributed by atoms with E-state index in [0.717, 1.165) is 25.8 Å². The summed E-state index contributed by atoms with van der Waals surface area (Å²) < 4.78 is 0. The van der Waals surface area contributed by atoms with Gasteiger partial charge in [-0.15, -0.1) is 0 Å². The Morgan fingerprint density at radius 2 is 1.43 bits per heavy atom. The Morgan fingerprint density at radius 1 is 0.826 bits per heavy atom. The highest BCUT2D eigenvalue weighted by Gasteiger charge is 2.00. The third-order valence-corrected chi connectivity index (χ3v) is 4.31. The zero-order valence-electron chi connectivity index (χ0n) is 15.0. The summed E-state index contributed by atoms with van der Waals surface area (Å²) in [7, 11) is 0. The first-order valence-corrected chi connectivity index (χ1v) is 9.63. The van der Waals surface area contributed by atoms with E-state index in [9.17, 15) is 4.79 Å². The molecular formula is C21H35NO. The zero-order valence-corrected chi connectivity index (χ0v) is 15.0. The molecule has 0 fully saturated rings. The van der Waals surface area contributed by atoms with Crippen LogP contribution in [0.25, 0.3) is 0 Å². The van der Waals surface area contributed by atoms with E-state index >= 15 is 0 Å². The number of hydrogen-bond acceptors (Lipinski definition) is 1. The van der Waals surface area contributed by atoms with Gasteiger partial charge in [-0.25, -0.2) is 0 Å². The summed E-state index contributed by atoms with van der Waals surface area (Å²) in [6.07, 6.45) is 14.5. The minimum absolute atomic E-state index is 0.223. The Bertz CT molecular complexity index is 388. The number of rotatable bonds is 14. The molecule has 2 nitrogen and oxygen atoms in total. The summed E-state index contributed by atoms with van der Waals surface area (Å²) >= 11 is 0. The van der Waals surface area contributed by atoms with Gasteiger partial charge in [-0.1, -0.05) is 88.6 Å². The van der Waals surface area contributed by atoms with Crippen LogP contribution in [0.4, 0.5) is 0 Å². The van der Waals surface area contributed by atoms with Gasteiger partial charge in [0.1, 0.15) is 0 Å². The van der Waals surface area contributed by atoms with Gasteiger partial charge in [0.05, 0.1) is 0 Å². The van der Waals surface area contributed by atoms with Gasteiger partial charge in [0.2, 0.25) is 5.91 Å². The van der Waals surface area contributed by atoms with Crippen molar-refractivity contribution in [3.63, 3.8) is 0 Å². The summed E-state index contributed by atoms with van der Waals surface area (Å²) in [6.45, 7) is 3.05. The molecule has 1 amide bonds. The molecule has 0 aliphatic carbocycles. The standard InChI is InChI=1S/C21H35NO/c1-2-3-4-5-6-7-8-9-13-18-21(23)22-19-14-17-20-15-11-10-12-16-20/h10-12,15-16H,2-9,13-14,17-19H2,1H3,(H,22,23). The van der Waals surface area contributed by atoms with Gasteiger partial charge in [0.25, 0.3) is 0 Å². The quantitative estimate of drug-likeness (QED) is 0.441. The van der Waals surface area contributed by atoms with Crippen LogP contribution in [0.3, 0.4) is 0 Å². The lowest BCUT2D eigenvalue weighted by atomic mass is 10.1. The van der Waals surface area contributed by atoms with Gasteiger partial charge in [-0.3, -0.25) is 4.79 Å². The van der Waals surface area contributed by atoms with Crippen LogP contribution in [0, 0.1) is 0 Å². The number of amides is 1. The molecule has 23 heavy (non-hydrogen) atoms. The lowest BCUT2D eigenvalue weighted by Crippen LogP contribution is -2.24. The van der Waals surface area contributed by atoms with Crippen molar-refractivity contribution in [1.29, 1.82) is 0 Å². The van der Waals surface area contributed by atoms with Crippen molar-refractivity contribution in [3.05, 3.63) is 35.9 Å². The third kappa shape index (κ3) is 11.9. The van der Waals surface area contributed by atoms with E-state index in [-0.39, 0.29) is 5.91 Å². The Balaban J connectivity index is 1.85. The molecule has 2 heteroatoms. The Kier molecular flexibility index (Phi) is 12.3. The van der Waals surface area contributed by atoms with Gasteiger partial charge < -0.3 is 5.32 Å². The lowest BCUT2D eigenvalue weighted by molar-refractivity contribution is -0.121. The van der Waals surface area contributed by atoms with E-state index in [1.165, 1.54) is 56.9 Å². The number of carbonyl (C=O) groups is 1. The van der Waals surface area contributed by atoms with Crippen LogP contribution in [-0.2, 0) is 11.2 Å². The van der Waals surface area contributed by atoms with Gasteiger partial charge in [0, 0.05) is 13.0 Å².